The van der Waals surface area contributed by atoms with Gasteiger partial charge in [-0.2, -0.15) is 0 Å². The predicted molar refractivity (Wildman–Crippen MR) is 132 cm³/mol. The third kappa shape index (κ3) is 4.29. The van der Waals surface area contributed by atoms with Gasteiger partial charge in [-0.15, -0.1) is 0 Å². The number of carbonyl (C=O) groups excluding carboxylic acids is 2. The lowest BCUT2D eigenvalue weighted by molar-refractivity contribution is -0.128. The van der Waals surface area contributed by atoms with E-state index in [1.165, 1.54) is 23.8 Å². The van der Waals surface area contributed by atoms with Crippen LogP contribution in [0.25, 0.3) is 0 Å². The van der Waals surface area contributed by atoms with Crippen LogP contribution in [0.1, 0.15) is 48.8 Å². The fourth-order valence-electron chi connectivity index (χ4n) is 6.24. The summed E-state index contributed by atoms with van der Waals surface area (Å²) in [6.45, 7) is 5.05. The van der Waals surface area contributed by atoms with Gasteiger partial charge >= 0.3 is 0 Å². The highest BCUT2D eigenvalue weighted by atomic mass is 16.5. The van der Waals surface area contributed by atoms with Crippen LogP contribution >= 0.6 is 0 Å². The number of Topliss-reactive ketones (excluding diaryl/α,β-unsaturated/α-hetero) is 1. The number of methoxy groups -OCH3 is 1. The number of fused-ring (bicyclic) bond motifs is 3. The molecule has 0 spiro atoms. The number of amides is 1. The Hall–Kier alpha value is -2.92. The van der Waals surface area contributed by atoms with Crippen LogP contribution in [0.5, 0.6) is 0 Å². The standard InChI is InChI=1S/C29H34N2O3/c1-29-18-21-10-6-7-11-23(21)24(29)16-26(32)27(34-2)17-25(29)28(33)30-22-12-14-31(15-13-22)19-20-8-4-3-5-9-20/h3-11,17,22,24-25H,12-16,18-19H2,1-2H3,(H,30,33)/t24-,25-,29?/m1/s1. The number of piperidine rings is 1. The van der Waals surface area contributed by atoms with Crippen LogP contribution in [-0.2, 0) is 27.3 Å². The number of ether oxygens (including phenoxy) is 1. The Kier molecular flexibility index (Phi) is 6.30. The molecule has 0 saturated carbocycles. The lowest BCUT2D eigenvalue weighted by atomic mass is 9.67. The topological polar surface area (TPSA) is 58.6 Å². The van der Waals surface area contributed by atoms with Crippen molar-refractivity contribution in [3.63, 3.8) is 0 Å². The Balaban J connectivity index is 1.30. The van der Waals surface area contributed by atoms with Crippen molar-refractivity contribution in [2.75, 3.05) is 20.2 Å². The van der Waals surface area contributed by atoms with Crippen molar-refractivity contribution in [2.45, 2.75) is 51.1 Å². The summed E-state index contributed by atoms with van der Waals surface area (Å²) in [4.78, 5) is 29.1. The molecule has 178 valence electrons. The fourth-order valence-corrected chi connectivity index (χ4v) is 6.24. The van der Waals surface area contributed by atoms with E-state index in [-0.39, 0.29) is 29.1 Å². The van der Waals surface area contributed by atoms with Crippen molar-refractivity contribution in [2.24, 2.45) is 11.3 Å². The van der Waals surface area contributed by atoms with Gasteiger partial charge in [0.25, 0.3) is 0 Å². The number of carbonyl (C=O) groups is 2. The SMILES string of the molecule is COC1=C[C@H](C(=O)NC2CCN(Cc3ccccc3)CC2)C2(C)Cc3ccccc3[C@H]2CC1=O. The summed E-state index contributed by atoms with van der Waals surface area (Å²) in [5, 5.41) is 3.35. The number of likely N-dealkylation sites (tertiary alicyclic amines) is 1. The Morgan fingerprint density at radius 3 is 2.53 bits per heavy atom. The number of nitrogens with zero attached hydrogens (tertiary/aromatic N) is 1. The normalized spacial score (nSPS) is 27.4. The highest BCUT2D eigenvalue weighted by Crippen LogP contribution is 2.55. The van der Waals surface area contributed by atoms with Crippen molar-refractivity contribution < 1.29 is 14.3 Å². The van der Waals surface area contributed by atoms with Crippen LogP contribution in [0.4, 0.5) is 0 Å². The number of hydrogen-bond donors (Lipinski definition) is 1. The first-order chi connectivity index (χ1) is 16.5. The van der Waals surface area contributed by atoms with Crippen LogP contribution in [0.2, 0.25) is 0 Å². The van der Waals surface area contributed by atoms with E-state index in [1.54, 1.807) is 6.08 Å². The molecule has 5 heteroatoms. The van der Waals surface area contributed by atoms with Crippen LogP contribution < -0.4 is 5.32 Å². The molecule has 34 heavy (non-hydrogen) atoms. The lowest BCUT2D eigenvalue weighted by Crippen LogP contribution is -2.49. The minimum Gasteiger partial charge on any atom is -0.493 e. The van der Waals surface area contributed by atoms with E-state index in [9.17, 15) is 9.59 Å². The molecule has 1 N–H and O–H groups in total. The molecule has 1 saturated heterocycles. The summed E-state index contributed by atoms with van der Waals surface area (Å²) < 4.78 is 5.45. The molecule has 3 aliphatic rings. The predicted octanol–water partition coefficient (Wildman–Crippen LogP) is 4.23. The summed E-state index contributed by atoms with van der Waals surface area (Å²) in [5.41, 5.74) is 3.43. The Morgan fingerprint density at radius 2 is 1.79 bits per heavy atom. The molecule has 0 radical (unpaired) electrons. The summed E-state index contributed by atoms with van der Waals surface area (Å²) in [7, 11) is 1.53. The summed E-state index contributed by atoms with van der Waals surface area (Å²) in [5.74, 6) is -0.0610. The molecule has 5 nitrogen and oxygen atoms in total. The van der Waals surface area contributed by atoms with E-state index in [2.05, 4.69) is 53.5 Å². The van der Waals surface area contributed by atoms with Crippen LogP contribution in [0.15, 0.2) is 66.4 Å². The van der Waals surface area contributed by atoms with E-state index < -0.39 is 5.92 Å². The number of benzene rings is 2. The molecular formula is C29H34N2O3. The van der Waals surface area contributed by atoms with Crippen LogP contribution in [0.3, 0.4) is 0 Å². The zero-order chi connectivity index (χ0) is 23.7. The fraction of sp³-hybridized carbons (Fsp3) is 0.448. The van der Waals surface area contributed by atoms with Crippen molar-refractivity contribution >= 4 is 11.7 Å². The third-order valence-electron chi connectivity index (χ3n) is 8.18. The Bertz CT molecular complexity index is 1090. The van der Waals surface area contributed by atoms with E-state index in [1.807, 2.05) is 18.2 Å². The summed E-state index contributed by atoms with van der Waals surface area (Å²) in [6.07, 6.45) is 4.85. The van der Waals surface area contributed by atoms with Gasteiger partial charge in [-0.05, 0) is 53.4 Å². The van der Waals surface area contributed by atoms with E-state index >= 15 is 0 Å². The summed E-state index contributed by atoms with van der Waals surface area (Å²) >= 11 is 0. The summed E-state index contributed by atoms with van der Waals surface area (Å²) in [6, 6.07) is 19.0. The second kappa shape index (κ2) is 9.38. The van der Waals surface area contributed by atoms with Crippen molar-refractivity contribution in [3.05, 3.63) is 83.1 Å². The number of nitrogens with one attached hydrogen (secondary N) is 1. The minimum absolute atomic E-state index is 0.0139. The average molecular weight is 459 g/mol. The van der Waals surface area contributed by atoms with Gasteiger partial charge in [0.2, 0.25) is 5.91 Å². The third-order valence-corrected chi connectivity index (χ3v) is 8.18. The van der Waals surface area contributed by atoms with Gasteiger partial charge < -0.3 is 10.1 Å². The maximum absolute atomic E-state index is 13.7. The second-order valence-electron chi connectivity index (χ2n) is 10.3. The minimum atomic E-state index is -0.409. The van der Waals surface area contributed by atoms with Gasteiger partial charge in [0.05, 0.1) is 13.0 Å². The van der Waals surface area contributed by atoms with Crippen LogP contribution in [0, 0.1) is 11.3 Å². The Labute approximate surface area is 202 Å². The monoisotopic (exact) mass is 458 g/mol. The van der Waals surface area contributed by atoms with Gasteiger partial charge in [-0.3, -0.25) is 14.5 Å². The molecule has 1 heterocycles. The molecule has 1 aliphatic heterocycles. The first kappa shape index (κ1) is 22.9. The van der Waals surface area contributed by atoms with Gasteiger partial charge in [0.1, 0.15) is 0 Å². The first-order valence-corrected chi connectivity index (χ1v) is 12.4. The highest BCUT2D eigenvalue weighted by molar-refractivity contribution is 5.96. The van der Waals surface area contributed by atoms with Gasteiger partial charge in [0, 0.05) is 32.1 Å². The molecule has 5 rings (SSSR count). The number of ketones is 1. The molecular weight excluding hydrogens is 424 g/mol. The van der Waals surface area contributed by atoms with Gasteiger partial charge in [-0.1, -0.05) is 61.5 Å². The Morgan fingerprint density at radius 1 is 1.09 bits per heavy atom. The van der Waals surface area contributed by atoms with E-state index in [4.69, 9.17) is 4.74 Å². The van der Waals surface area contributed by atoms with E-state index in [0.717, 1.165) is 38.9 Å². The average Bonchev–Trinajstić information content (AvgIpc) is 3.07. The molecule has 1 fully saturated rings. The molecule has 2 aromatic carbocycles. The van der Waals surface area contributed by atoms with E-state index in [0.29, 0.717) is 12.2 Å². The van der Waals surface area contributed by atoms with Gasteiger partial charge in [0.15, 0.2) is 11.5 Å². The maximum Gasteiger partial charge on any atom is 0.227 e. The largest absolute Gasteiger partial charge is 0.493 e. The lowest BCUT2D eigenvalue weighted by Gasteiger charge is -2.38. The van der Waals surface area contributed by atoms with Crippen molar-refractivity contribution in [3.8, 4) is 0 Å². The highest BCUT2D eigenvalue weighted by Gasteiger charge is 2.52. The quantitative estimate of drug-likeness (QED) is 0.728. The van der Waals surface area contributed by atoms with Crippen molar-refractivity contribution in [1.29, 1.82) is 0 Å². The number of allylic oxidation sites excluding steroid dienone is 1. The van der Waals surface area contributed by atoms with Gasteiger partial charge in [-0.25, -0.2) is 0 Å². The molecule has 0 bridgehead atoms. The molecule has 2 aromatic rings. The zero-order valence-electron chi connectivity index (χ0n) is 20.1. The number of hydrogen-bond acceptors (Lipinski definition) is 4. The second-order valence-corrected chi connectivity index (χ2v) is 10.3. The smallest absolute Gasteiger partial charge is 0.227 e. The number of rotatable bonds is 5. The van der Waals surface area contributed by atoms with Crippen LogP contribution in [-0.4, -0.2) is 42.8 Å². The zero-order valence-corrected chi connectivity index (χ0v) is 20.1. The first-order valence-electron chi connectivity index (χ1n) is 12.4. The molecule has 1 unspecified atom stereocenters. The maximum atomic E-state index is 13.7. The molecule has 1 amide bonds. The molecule has 3 atom stereocenters. The molecule has 0 aromatic heterocycles. The van der Waals surface area contributed by atoms with Crippen molar-refractivity contribution in [1.82, 2.24) is 10.2 Å². The molecule has 2 aliphatic carbocycles.